The van der Waals surface area contributed by atoms with E-state index in [9.17, 15) is 9.59 Å². The topological polar surface area (TPSA) is 40.6 Å². The van der Waals surface area contributed by atoms with Crippen molar-refractivity contribution in [1.29, 1.82) is 0 Å². The van der Waals surface area contributed by atoms with Gasteiger partial charge in [-0.25, -0.2) is 0 Å². The lowest BCUT2D eigenvalue weighted by Gasteiger charge is -2.33. The molecule has 0 bridgehead atoms. The van der Waals surface area contributed by atoms with E-state index in [4.69, 9.17) is 0 Å². The molecular weight excluding hydrogens is 404 g/mol. The molecule has 1 saturated heterocycles. The van der Waals surface area contributed by atoms with Crippen molar-refractivity contribution >= 4 is 29.3 Å². The normalized spacial score (nSPS) is 19.9. The van der Waals surface area contributed by atoms with Gasteiger partial charge in [0.15, 0.2) is 4.87 Å². The number of anilines is 1. The van der Waals surface area contributed by atoms with Crippen molar-refractivity contribution in [3.05, 3.63) is 101 Å². The van der Waals surface area contributed by atoms with Crippen molar-refractivity contribution in [2.45, 2.75) is 25.3 Å². The number of carbonyl (C=O) groups is 2. The molecule has 0 aromatic heterocycles. The van der Waals surface area contributed by atoms with Gasteiger partial charge in [0.1, 0.15) is 0 Å². The first-order chi connectivity index (χ1) is 15.0. The molecule has 0 saturated carbocycles. The van der Waals surface area contributed by atoms with Crippen LogP contribution in [0, 0.1) is 13.8 Å². The van der Waals surface area contributed by atoms with Crippen molar-refractivity contribution in [3.8, 4) is 0 Å². The lowest BCUT2D eigenvalue weighted by atomic mass is 10.0. The van der Waals surface area contributed by atoms with Crippen molar-refractivity contribution in [2.75, 3.05) is 17.2 Å². The third-order valence-corrected chi connectivity index (χ3v) is 7.65. The number of thioether (sulfide) groups is 1. The van der Waals surface area contributed by atoms with Crippen LogP contribution in [0.4, 0.5) is 5.69 Å². The van der Waals surface area contributed by atoms with E-state index in [1.54, 1.807) is 16.7 Å². The maximum absolute atomic E-state index is 14.0. The molecule has 5 heteroatoms. The summed E-state index contributed by atoms with van der Waals surface area (Å²) in [5.41, 5.74) is 5.80. The minimum absolute atomic E-state index is 0.0279. The van der Waals surface area contributed by atoms with Crippen molar-refractivity contribution in [1.82, 2.24) is 4.90 Å². The van der Waals surface area contributed by atoms with Crippen LogP contribution in [-0.4, -0.2) is 29.0 Å². The van der Waals surface area contributed by atoms with Crippen molar-refractivity contribution < 1.29 is 9.59 Å². The number of aryl methyl sites for hydroxylation is 2. The molecule has 31 heavy (non-hydrogen) atoms. The van der Waals surface area contributed by atoms with Gasteiger partial charge in [-0.05, 0) is 43.2 Å². The van der Waals surface area contributed by atoms with E-state index >= 15 is 0 Å². The van der Waals surface area contributed by atoms with Gasteiger partial charge in [-0.2, -0.15) is 0 Å². The Kier molecular flexibility index (Phi) is 4.86. The fraction of sp³-hybridized carbons (Fsp3) is 0.231. The highest BCUT2D eigenvalue weighted by atomic mass is 32.2. The molecule has 0 N–H and O–H groups in total. The van der Waals surface area contributed by atoms with Gasteiger partial charge < -0.3 is 9.80 Å². The standard InChI is InChI=1S/C26H24N2O2S/c1-18-11-13-20(14-12-18)24(29)28-15-16-31-26(28)22-9-5-6-10-23(22)27(25(26)30)17-21-8-4-3-7-19(21)2/h3-14H,15-17H2,1-2H3. The second kappa shape index (κ2) is 7.57. The van der Waals surface area contributed by atoms with Crippen LogP contribution in [0.1, 0.15) is 32.6 Å². The van der Waals surface area contributed by atoms with E-state index in [1.165, 1.54) is 0 Å². The Morgan fingerprint density at radius 1 is 0.968 bits per heavy atom. The molecule has 1 atom stereocenters. The molecule has 2 aliphatic rings. The second-order valence-corrected chi connectivity index (χ2v) is 9.44. The van der Waals surface area contributed by atoms with Gasteiger partial charge >= 0.3 is 0 Å². The van der Waals surface area contributed by atoms with E-state index in [0.29, 0.717) is 18.7 Å². The largest absolute Gasteiger partial charge is 0.311 e. The summed E-state index contributed by atoms with van der Waals surface area (Å²) in [5, 5.41) is 0. The Balaban J connectivity index is 1.58. The van der Waals surface area contributed by atoms with Gasteiger partial charge in [-0.1, -0.05) is 60.2 Å². The molecule has 0 aliphatic carbocycles. The predicted molar refractivity (Wildman–Crippen MR) is 125 cm³/mol. The van der Waals surface area contributed by atoms with Crippen molar-refractivity contribution in [3.63, 3.8) is 0 Å². The van der Waals surface area contributed by atoms with Gasteiger partial charge in [0, 0.05) is 23.4 Å². The Morgan fingerprint density at radius 2 is 1.68 bits per heavy atom. The zero-order chi connectivity index (χ0) is 21.6. The fourth-order valence-electron chi connectivity index (χ4n) is 4.53. The Hall–Kier alpha value is -3.05. The zero-order valence-electron chi connectivity index (χ0n) is 17.7. The summed E-state index contributed by atoms with van der Waals surface area (Å²) in [7, 11) is 0. The van der Waals surface area contributed by atoms with E-state index in [0.717, 1.165) is 33.7 Å². The van der Waals surface area contributed by atoms with Gasteiger partial charge in [0.25, 0.3) is 11.8 Å². The maximum Gasteiger partial charge on any atom is 0.268 e. The minimum Gasteiger partial charge on any atom is -0.311 e. The van der Waals surface area contributed by atoms with E-state index in [1.807, 2.05) is 72.5 Å². The smallest absolute Gasteiger partial charge is 0.268 e. The Morgan fingerprint density at radius 3 is 2.45 bits per heavy atom. The number of carbonyl (C=O) groups excluding carboxylic acids is 2. The van der Waals surface area contributed by atoms with E-state index in [-0.39, 0.29) is 11.8 Å². The summed E-state index contributed by atoms with van der Waals surface area (Å²) in [6.07, 6.45) is 0. The first kappa shape index (κ1) is 19.9. The molecule has 1 spiro atoms. The average Bonchev–Trinajstić information content (AvgIpc) is 3.32. The summed E-state index contributed by atoms with van der Waals surface area (Å²) in [6, 6.07) is 23.6. The lowest BCUT2D eigenvalue weighted by molar-refractivity contribution is -0.123. The molecule has 156 valence electrons. The lowest BCUT2D eigenvalue weighted by Crippen LogP contribution is -2.50. The summed E-state index contributed by atoms with van der Waals surface area (Å²) < 4.78 is 0. The SMILES string of the molecule is Cc1ccc(C(=O)N2CCSC23C(=O)N(Cc2ccccc2C)c2ccccc23)cc1. The Bertz CT molecular complexity index is 1170. The molecule has 2 amide bonds. The average molecular weight is 429 g/mol. The monoisotopic (exact) mass is 428 g/mol. The number of fused-ring (bicyclic) bond motifs is 2. The maximum atomic E-state index is 14.0. The highest BCUT2D eigenvalue weighted by molar-refractivity contribution is 8.01. The van der Waals surface area contributed by atoms with Crippen LogP contribution in [0.2, 0.25) is 0 Å². The van der Waals surface area contributed by atoms with Gasteiger partial charge in [-0.3, -0.25) is 9.59 Å². The van der Waals surface area contributed by atoms with Crippen LogP contribution in [0.3, 0.4) is 0 Å². The van der Waals surface area contributed by atoms with Crippen molar-refractivity contribution in [2.24, 2.45) is 0 Å². The number of hydrogen-bond donors (Lipinski definition) is 0. The van der Waals surface area contributed by atoms with Gasteiger partial charge in [-0.15, -0.1) is 11.8 Å². The summed E-state index contributed by atoms with van der Waals surface area (Å²) >= 11 is 1.57. The molecule has 3 aromatic rings. The van der Waals surface area contributed by atoms with Gasteiger partial charge in [0.2, 0.25) is 0 Å². The predicted octanol–water partition coefficient (Wildman–Crippen LogP) is 4.89. The summed E-state index contributed by atoms with van der Waals surface area (Å²) in [4.78, 5) is 30.2. The second-order valence-electron chi connectivity index (χ2n) is 8.15. The molecule has 1 unspecified atom stereocenters. The molecule has 2 aliphatic heterocycles. The molecule has 2 heterocycles. The first-order valence-electron chi connectivity index (χ1n) is 10.5. The van der Waals surface area contributed by atoms with Crippen LogP contribution in [0.15, 0.2) is 72.8 Å². The van der Waals surface area contributed by atoms with Crippen LogP contribution in [0.25, 0.3) is 0 Å². The molecule has 5 rings (SSSR count). The number of amides is 2. The third-order valence-electron chi connectivity index (χ3n) is 6.23. The molecule has 4 nitrogen and oxygen atoms in total. The zero-order valence-corrected chi connectivity index (χ0v) is 18.5. The number of benzene rings is 3. The molecule has 3 aromatic carbocycles. The third kappa shape index (κ3) is 3.07. The quantitative estimate of drug-likeness (QED) is 0.596. The number of hydrogen-bond acceptors (Lipinski definition) is 3. The van der Waals surface area contributed by atoms with E-state index < -0.39 is 4.87 Å². The first-order valence-corrected chi connectivity index (χ1v) is 11.5. The van der Waals surface area contributed by atoms with E-state index in [2.05, 4.69) is 19.1 Å². The Labute approximate surface area is 186 Å². The fourth-order valence-corrected chi connectivity index (χ4v) is 6.00. The molecule has 1 fully saturated rings. The molecular formula is C26H24N2O2S. The van der Waals surface area contributed by atoms with Crippen LogP contribution < -0.4 is 4.90 Å². The number of para-hydroxylation sites is 1. The number of rotatable bonds is 3. The number of nitrogens with zero attached hydrogens (tertiary/aromatic N) is 2. The molecule has 0 radical (unpaired) electrons. The summed E-state index contributed by atoms with van der Waals surface area (Å²) in [5.74, 6) is 0.612. The van der Waals surface area contributed by atoms with Crippen LogP contribution in [0.5, 0.6) is 0 Å². The highest BCUT2D eigenvalue weighted by Crippen LogP contribution is 2.54. The van der Waals surface area contributed by atoms with Gasteiger partial charge in [0.05, 0.1) is 12.2 Å². The highest BCUT2D eigenvalue weighted by Gasteiger charge is 2.59. The van der Waals surface area contributed by atoms with Crippen LogP contribution in [-0.2, 0) is 16.2 Å². The summed E-state index contributed by atoms with van der Waals surface area (Å²) in [6.45, 7) is 5.11. The minimum atomic E-state index is -0.999. The van der Waals surface area contributed by atoms with Crippen LogP contribution >= 0.6 is 11.8 Å².